The first-order valence-corrected chi connectivity index (χ1v) is 12.2. The number of rotatable bonds is 9. The zero-order valence-corrected chi connectivity index (χ0v) is 22.2. The number of para-hydroxylation sites is 2. The van der Waals surface area contributed by atoms with Gasteiger partial charge < -0.3 is 36.7 Å². The Morgan fingerprint density at radius 1 is 1.05 bits per heavy atom. The summed E-state index contributed by atoms with van der Waals surface area (Å²) in [6.07, 6.45) is 0. The molecule has 38 heavy (non-hydrogen) atoms. The maximum Gasteiger partial charge on any atom is 0.314 e. The van der Waals surface area contributed by atoms with Crippen molar-refractivity contribution >= 4 is 56.8 Å². The smallest absolute Gasteiger partial charge is 0.314 e. The molecule has 6 N–H and O–H groups in total. The SMILES string of the molecule is CCNC(=O)NCCNC(=O)c1cccc2c(NCCN(C)C(=S)NC)c3ccccc3nc12.O=[N+]([O-])O. The fourth-order valence-corrected chi connectivity index (χ4v) is 3.69. The van der Waals surface area contributed by atoms with Gasteiger partial charge in [-0.3, -0.25) is 4.79 Å². The van der Waals surface area contributed by atoms with Crippen molar-refractivity contribution in [1.29, 1.82) is 0 Å². The number of anilines is 1. The third kappa shape index (κ3) is 8.58. The van der Waals surface area contributed by atoms with Gasteiger partial charge in [0.2, 0.25) is 0 Å². The van der Waals surface area contributed by atoms with Crippen molar-refractivity contribution in [2.24, 2.45) is 0 Å². The molecule has 0 spiro atoms. The molecule has 3 aromatic rings. The van der Waals surface area contributed by atoms with Gasteiger partial charge in [-0.2, -0.15) is 0 Å². The minimum atomic E-state index is -1.50. The molecule has 13 nitrogen and oxygen atoms in total. The fourth-order valence-electron chi connectivity index (χ4n) is 3.60. The van der Waals surface area contributed by atoms with Crippen molar-refractivity contribution in [2.45, 2.75) is 6.92 Å². The van der Waals surface area contributed by atoms with Gasteiger partial charge in [-0.15, -0.1) is 10.1 Å². The largest absolute Gasteiger partial charge is 0.382 e. The highest BCUT2D eigenvalue weighted by Crippen LogP contribution is 2.32. The van der Waals surface area contributed by atoms with E-state index in [9.17, 15) is 9.59 Å². The molecule has 0 fully saturated rings. The number of amides is 3. The fraction of sp³-hybridized carbons (Fsp3) is 0.333. The maximum absolute atomic E-state index is 13.0. The van der Waals surface area contributed by atoms with Crippen molar-refractivity contribution in [3.63, 3.8) is 0 Å². The molecule has 14 heteroatoms. The summed E-state index contributed by atoms with van der Waals surface area (Å²) in [5, 5.41) is 30.9. The molecule has 1 heterocycles. The van der Waals surface area contributed by atoms with E-state index in [-0.39, 0.29) is 11.9 Å². The molecule has 1 aromatic heterocycles. The number of carbonyl (C=O) groups excluding carboxylic acids is 2. The quantitative estimate of drug-likeness (QED) is 0.0768. The minimum Gasteiger partial charge on any atom is -0.382 e. The van der Waals surface area contributed by atoms with E-state index in [4.69, 9.17) is 32.5 Å². The standard InChI is InChI=1S/C24H31N7O2S.HNO3/c1-4-26-23(33)29-13-12-28-22(32)18-10-7-9-17-20(27-14-15-31(3)24(34)25-2)16-8-5-6-11-19(16)30-21(17)18;2-1(3)4/h5-11H,4,12-15H2,1-3H3,(H,25,34)(H,27,30)(H,28,32)(H2,26,29,33);(H,2,3,4). The third-order valence-corrected chi connectivity index (χ3v) is 5.81. The van der Waals surface area contributed by atoms with Crippen molar-refractivity contribution in [2.75, 3.05) is 52.1 Å². The van der Waals surface area contributed by atoms with Crippen LogP contribution in [0.15, 0.2) is 42.5 Å². The van der Waals surface area contributed by atoms with E-state index in [0.29, 0.717) is 48.9 Å². The minimum absolute atomic E-state index is 0.240. The van der Waals surface area contributed by atoms with Gasteiger partial charge in [-0.1, -0.05) is 30.3 Å². The summed E-state index contributed by atoms with van der Waals surface area (Å²) in [5.74, 6) is -0.240. The lowest BCUT2D eigenvalue weighted by atomic mass is 10.0. The van der Waals surface area contributed by atoms with Crippen LogP contribution in [0.4, 0.5) is 10.5 Å². The van der Waals surface area contributed by atoms with E-state index in [0.717, 1.165) is 22.0 Å². The summed E-state index contributed by atoms with van der Waals surface area (Å²) in [7, 11) is 3.74. The number of nitrogens with zero attached hydrogens (tertiary/aromatic N) is 3. The summed E-state index contributed by atoms with van der Waals surface area (Å²) >= 11 is 5.28. The molecule has 2 aromatic carbocycles. The number of fused-ring (bicyclic) bond motifs is 2. The third-order valence-electron chi connectivity index (χ3n) is 5.30. The summed E-state index contributed by atoms with van der Waals surface area (Å²) in [5.41, 5.74) is 2.83. The monoisotopic (exact) mass is 544 g/mol. The summed E-state index contributed by atoms with van der Waals surface area (Å²) in [6, 6.07) is 13.2. The maximum atomic E-state index is 13.0. The lowest BCUT2D eigenvalue weighted by Crippen LogP contribution is -2.40. The summed E-state index contributed by atoms with van der Waals surface area (Å²) < 4.78 is 0. The highest BCUT2D eigenvalue weighted by Gasteiger charge is 2.16. The van der Waals surface area contributed by atoms with Gasteiger partial charge in [-0.05, 0) is 31.3 Å². The molecule has 3 rings (SSSR count). The predicted molar refractivity (Wildman–Crippen MR) is 150 cm³/mol. The van der Waals surface area contributed by atoms with Crippen LogP contribution in [0.3, 0.4) is 0 Å². The van der Waals surface area contributed by atoms with Crippen LogP contribution in [0.5, 0.6) is 0 Å². The number of likely N-dealkylation sites (N-methyl/N-ethyl adjacent to an activating group) is 1. The molecule has 0 aliphatic rings. The van der Waals surface area contributed by atoms with Crippen molar-refractivity contribution < 1.29 is 19.9 Å². The first kappa shape index (κ1) is 29.8. The molecule has 0 radical (unpaired) electrons. The first-order valence-electron chi connectivity index (χ1n) is 11.8. The van der Waals surface area contributed by atoms with E-state index < -0.39 is 5.09 Å². The van der Waals surface area contributed by atoms with Crippen molar-refractivity contribution in [1.82, 2.24) is 31.2 Å². The Morgan fingerprint density at radius 3 is 2.39 bits per heavy atom. The van der Waals surface area contributed by atoms with E-state index in [1.54, 1.807) is 13.1 Å². The van der Waals surface area contributed by atoms with Crippen LogP contribution < -0.4 is 26.6 Å². The number of hydrogen-bond acceptors (Lipinski definition) is 7. The average molecular weight is 545 g/mol. The Labute approximate surface area is 225 Å². The van der Waals surface area contributed by atoms with Gasteiger partial charge in [0.25, 0.3) is 11.0 Å². The van der Waals surface area contributed by atoms with Gasteiger partial charge in [0.1, 0.15) is 0 Å². The van der Waals surface area contributed by atoms with Crippen LogP contribution in [0, 0.1) is 10.1 Å². The normalized spacial score (nSPS) is 10.1. The lowest BCUT2D eigenvalue weighted by molar-refractivity contribution is -0.742. The summed E-state index contributed by atoms with van der Waals surface area (Å²) in [6.45, 7) is 4.38. The molecule has 0 atom stereocenters. The highest BCUT2D eigenvalue weighted by atomic mass is 32.1. The zero-order valence-electron chi connectivity index (χ0n) is 21.4. The molecule has 204 valence electrons. The van der Waals surface area contributed by atoms with Crippen LogP contribution in [0.2, 0.25) is 0 Å². The molecule has 0 bridgehead atoms. The Bertz CT molecular complexity index is 1290. The Balaban J connectivity index is 0.00000118. The molecule has 0 aliphatic heterocycles. The lowest BCUT2D eigenvalue weighted by Gasteiger charge is -2.21. The highest BCUT2D eigenvalue weighted by molar-refractivity contribution is 7.80. The number of urea groups is 1. The first-order chi connectivity index (χ1) is 18.2. The number of benzene rings is 2. The number of pyridine rings is 1. The predicted octanol–water partition coefficient (Wildman–Crippen LogP) is 1.94. The zero-order chi connectivity index (χ0) is 28.1. The molecule has 0 unspecified atom stereocenters. The van der Waals surface area contributed by atoms with Crippen molar-refractivity contribution in [3.05, 3.63) is 58.1 Å². The molecular weight excluding hydrogens is 512 g/mol. The van der Waals surface area contributed by atoms with Gasteiger partial charge in [0.05, 0.1) is 22.3 Å². The van der Waals surface area contributed by atoms with Crippen LogP contribution >= 0.6 is 12.2 Å². The molecule has 0 aliphatic carbocycles. The number of nitrogens with one attached hydrogen (secondary N) is 5. The second-order valence-corrected chi connectivity index (χ2v) is 8.28. The Hall–Kier alpha value is -4.46. The Kier molecular flexibility index (Phi) is 11.7. The number of thiocarbonyl (C=S) groups is 1. The van der Waals surface area contributed by atoms with Gasteiger partial charge in [-0.25, -0.2) is 9.78 Å². The van der Waals surface area contributed by atoms with Gasteiger partial charge in [0, 0.05) is 57.6 Å². The summed E-state index contributed by atoms with van der Waals surface area (Å²) in [4.78, 5) is 39.6. The second-order valence-electron chi connectivity index (χ2n) is 7.89. The molecule has 0 saturated carbocycles. The van der Waals surface area contributed by atoms with Crippen LogP contribution in [0.1, 0.15) is 17.3 Å². The number of aromatic nitrogens is 1. The second kappa shape index (κ2) is 14.9. The molecule has 0 saturated heterocycles. The van der Waals surface area contributed by atoms with Crippen LogP contribution in [0.25, 0.3) is 21.8 Å². The average Bonchev–Trinajstić information content (AvgIpc) is 2.89. The van der Waals surface area contributed by atoms with E-state index in [1.807, 2.05) is 55.3 Å². The van der Waals surface area contributed by atoms with E-state index in [1.165, 1.54) is 0 Å². The number of carbonyl (C=O) groups is 2. The number of hydrogen-bond donors (Lipinski definition) is 6. The topological polar surface area (TPSA) is 174 Å². The van der Waals surface area contributed by atoms with E-state index in [2.05, 4.69) is 26.6 Å². The molecule has 3 amide bonds. The van der Waals surface area contributed by atoms with Gasteiger partial charge in [0.15, 0.2) is 5.11 Å². The van der Waals surface area contributed by atoms with E-state index >= 15 is 0 Å². The van der Waals surface area contributed by atoms with Crippen molar-refractivity contribution in [3.8, 4) is 0 Å². The van der Waals surface area contributed by atoms with Gasteiger partial charge >= 0.3 is 6.03 Å². The van der Waals surface area contributed by atoms with Crippen LogP contribution in [-0.4, -0.2) is 84.0 Å². The van der Waals surface area contributed by atoms with Crippen LogP contribution in [-0.2, 0) is 0 Å². The molecular formula is C24H32N8O5S. The Morgan fingerprint density at radius 2 is 1.71 bits per heavy atom.